The fourth-order valence-corrected chi connectivity index (χ4v) is 3.24. The van der Waals surface area contributed by atoms with Crippen molar-refractivity contribution >= 4 is 12.0 Å². The van der Waals surface area contributed by atoms with E-state index >= 15 is 0 Å². The Morgan fingerprint density at radius 2 is 2.18 bits per heavy atom. The molecule has 2 aliphatic rings. The number of rotatable bonds is 1. The Hall–Kier alpha value is -1.86. The molecule has 22 heavy (non-hydrogen) atoms. The Bertz CT molecular complexity index is 538. The first-order chi connectivity index (χ1) is 10.4. The van der Waals surface area contributed by atoms with Crippen LogP contribution in [0.15, 0.2) is 0 Å². The summed E-state index contributed by atoms with van der Waals surface area (Å²) >= 11 is 0. The second-order valence-corrected chi connectivity index (χ2v) is 7.06. The molecule has 3 heterocycles. The van der Waals surface area contributed by atoms with Gasteiger partial charge in [0.25, 0.3) is 0 Å². The van der Waals surface area contributed by atoms with Gasteiger partial charge in [-0.3, -0.25) is 0 Å². The van der Waals surface area contributed by atoms with E-state index in [1.165, 1.54) is 0 Å². The Morgan fingerprint density at radius 3 is 2.95 bits per heavy atom. The maximum Gasteiger partial charge on any atom is 0.410 e. The molecule has 122 valence electrons. The molecule has 0 aromatic carbocycles. The van der Waals surface area contributed by atoms with Gasteiger partial charge < -0.3 is 15.0 Å². The molecular weight excluding hydrogens is 284 g/mol. The van der Waals surface area contributed by atoms with Gasteiger partial charge in [-0.1, -0.05) is 5.10 Å². The lowest BCUT2D eigenvalue weighted by Crippen LogP contribution is -2.45. The summed E-state index contributed by atoms with van der Waals surface area (Å²) in [6.45, 7) is 8.02. The van der Waals surface area contributed by atoms with E-state index in [-0.39, 0.29) is 12.1 Å². The van der Waals surface area contributed by atoms with Crippen LogP contribution in [-0.2, 0) is 4.74 Å². The summed E-state index contributed by atoms with van der Waals surface area (Å²) in [5.74, 6) is 1.09. The molecular formula is C14H24N6O2. The highest BCUT2D eigenvalue weighted by Gasteiger charge is 2.35. The monoisotopic (exact) mass is 308 g/mol. The van der Waals surface area contributed by atoms with Gasteiger partial charge in [0.1, 0.15) is 5.60 Å². The number of hydrogen-bond acceptors (Lipinski definition) is 6. The summed E-state index contributed by atoms with van der Waals surface area (Å²) in [5.41, 5.74) is -0.457. The Labute approximate surface area is 130 Å². The van der Waals surface area contributed by atoms with Crippen LogP contribution in [0.4, 0.5) is 10.7 Å². The zero-order chi connectivity index (χ0) is 15.7. The first kappa shape index (κ1) is 15.1. The number of piperidine rings is 1. The highest BCUT2D eigenvalue weighted by molar-refractivity contribution is 5.68. The Morgan fingerprint density at radius 1 is 1.36 bits per heavy atom. The molecule has 0 aliphatic carbocycles. The number of hydrogen-bond donors (Lipinski definition) is 1. The number of amides is 1. The van der Waals surface area contributed by atoms with Crippen LogP contribution >= 0.6 is 0 Å². The van der Waals surface area contributed by atoms with E-state index in [9.17, 15) is 4.79 Å². The summed E-state index contributed by atoms with van der Waals surface area (Å²) in [7, 11) is 0. The largest absolute Gasteiger partial charge is 0.444 e. The highest BCUT2D eigenvalue weighted by Crippen LogP contribution is 2.33. The predicted molar refractivity (Wildman–Crippen MR) is 80.5 cm³/mol. The van der Waals surface area contributed by atoms with Crippen LogP contribution in [0, 0.1) is 5.92 Å². The van der Waals surface area contributed by atoms with Crippen LogP contribution < -0.4 is 5.32 Å². The zero-order valence-electron chi connectivity index (χ0n) is 13.4. The number of carbonyl (C=O) groups is 1. The van der Waals surface area contributed by atoms with Gasteiger partial charge in [0, 0.05) is 19.6 Å². The fraction of sp³-hybridized carbons (Fsp3) is 0.857. The van der Waals surface area contributed by atoms with Gasteiger partial charge in [-0.2, -0.15) is 0 Å². The standard InChI is InChI=1S/C14H24N6O2/c1-14(2,3)22-13(21)19-8-4-5-10(9-19)11-6-7-15-12-16-17-18-20(11)12/h10-11H,4-9H2,1-3H3,(H,15,16,18). The summed E-state index contributed by atoms with van der Waals surface area (Å²) in [5, 5.41) is 15.0. The van der Waals surface area contributed by atoms with Crippen molar-refractivity contribution < 1.29 is 9.53 Å². The van der Waals surface area contributed by atoms with Gasteiger partial charge in [-0.25, -0.2) is 9.48 Å². The van der Waals surface area contributed by atoms with E-state index in [1.54, 1.807) is 0 Å². The van der Waals surface area contributed by atoms with Gasteiger partial charge >= 0.3 is 6.09 Å². The number of likely N-dealkylation sites (tertiary alicyclic amines) is 1. The molecule has 0 bridgehead atoms. The normalized spacial score (nSPS) is 25.3. The molecule has 3 rings (SSSR count). The fourth-order valence-electron chi connectivity index (χ4n) is 3.24. The molecule has 1 aromatic heterocycles. The number of tetrazole rings is 1. The third-order valence-corrected chi connectivity index (χ3v) is 4.18. The van der Waals surface area contributed by atoms with E-state index in [4.69, 9.17) is 4.74 Å². The molecule has 0 saturated carbocycles. The molecule has 1 aromatic rings. The predicted octanol–water partition coefficient (Wildman–Crippen LogP) is 1.68. The van der Waals surface area contributed by atoms with Crippen molar-refractivity contribution in [3.8, 4) is 0 Å². The van der Waals surface area contributed by atoms with E-state index < -0.39 is 5.60 Å². The number of carbonyl (C=O) groups excluding carboxylic acids is 1. The number of nitrogens with zero attached hydrogens (tertiary/aromatic N) is 5. The number of ether oxygens (including phenoxy) is 1. The van der Waals surface area contributed by atoms with Gasteiger partial charge in [0.2, 0.25) is 5.95 Å². The van der Waals surface area contributed by atoms with Crippen molar-refractivity contribution in [2.24, 2.45) is 5.92 Å². The highest BCUT2D eigenvalue weighted by atomic mass is 16.6. The minimum absolute atomic E-state index is 0.219. The number of anilines is 1. The van der Waals surface area contributed by atoms with Gasteiger partial charge in [-0.05, 0) is 56.4 Å². The summed E-state index contributed by atoms with van der Waals surface area (Å²) < 4.78 is 7.36. The van der Waals surface area contributed by atoms with E-state index in [0.29, 0.717) is 12.5 Å². The minimum Gasteiger partial charge on any atom is -0.444 e. The molecule has 2 atom stereocenters. The quantitative estimate of drug-likeness (QED) is 0.849. The molecule has 2 aliphatic heterocycles. The van der Waals surface area contributed by atoms with E-state index in [0.717, 1.165) is 38.3 Å². The van der Waals surface area contributed by atoms with Gasteiger partial charge in [0.05, 0.1) is 6.04 Å². The van der Waals surface area contributed by atoms with Crippen molar-refractivity contribution in [1.29, 1.82) is 0 Å². The lowest BCUT2D eigenvalue weighted by atomic mass is 9.88. The smallest absolute Gasteiger partial charge is 0.410 e. The maximum absolute atomic E-state index is 12.3. The van der Waals surface area contributed by atoms with Crippen LogP contribution in [-0.4, -0.2) is 56.4 Å². The first-order valence-electron chi connectivity index (χ1n) is 7.94. The lowest BCUT2D eigenvalue weighted by molar-refractivity contribution is 0.0126. The SMILES string of the molecule is CC(C)(C)OC(=O)N1CCCC(C2CCNc3nnnn32)C1. The molecule has 1 saturated heterocycles. The van der Waals surface area contributed by atoms with Crippen molar-refractivity contribution in [3.63, 3.8) is 0 Å². The Balaban J connectivity index is 1.68. The molecule has 1 amide bonds. The van der Waals surface area contributed by atoms with Gasteiger partial charge in [0.15, 0.2) is 0 Å². The van der Waals surface area contributed by atoms with Gasteiger partial charge in [-0.15, -0.1) is 0 Å². The average Bonchev–Trinajstić information content (AvgIpc) is 2.94. The maximum atomic E-state index is 12.3. The molecule has 1 fully saturated rings. The third-order valence-electron chi connectivity index (χ3n) is 4.18. The van der Waals surface area contributed by atoms with Crippen LogP contribution in [0.3, 0.4) is 0 Å². The zero-order valence-corrected chi connectivity index (χ0v) is 13.4. The minimum atomic E-state index is -0.457. The molecule has 8 nitrogen and oxygen atoms in total. The molecule has 0 radical (unpaired) electrons. The van der Waals surface area contributed by atoms with Crippen molar-refractivity contribution in [3.05, 3.63) is 0 Å². The Kier molecular flexibility index (Phi) is 3.92. The van der Waals surface area contributed by atoms with Crippen LogP contribution in [0.5, 0.6) is 0 Å². The number of fused-ring (bicyclic) bond motifs is 1. The second kappa shape index (κ2) is 5.73. The summed E-state index contributed by atoms with van der Waals surface area (Å²) in [6.07, 6.45) is 2.84. The first-order valence-corrected chi connectivity index (χ1v) is 7.94. The lowest BCUT2D eigenvalue weighted by Gasteiger charge is -2.38. The third kappa shape index (κ3) is 3.15. The molecule has 8 heteroatoms. The molecule has 1 N–H and O–H groups in total. The summed E-state index contributed by atoms with van der Waals surface area (Å²) in [6, 6.07) is 0.247. The van der Waals surface area contributed by atoms with Crippen LogP contribution in [0.1, 0.15) is 46.1 Å². The molecule has 0 spiro atoms. The average molecular weight is 308 g/mol. The van der Waals surface area contributed by atoms with E-state index in [2.05, 4.69) is 20.8 Å². The molecule has 2 unspecified atom stereocenters. The topological polar surface area (TPSA) is 85.2 Å². The second-order valence-electron chi connectivity index (χ2n) is 7.06. The van der Waals surface area contributed by atoms with Crippen LogP contribution in [0.2, 0.25) is 0 Å². The summed E-state index contributed by atoms with van der Waals surface area (Å²) in [4.78, 5) is 14.1. The number of aromatic nitrogens is 4. The number of nitrogens with one attached hydrogen (secondary N) is 1. The van der Waals surface area contributed by atoms with Crippen molar-refractivity contribution in [1.82, 2.24) is 25.1 Å². The van der Waals surface area contributed by atoms with E-state index in [1.807, 2.05) is 30.4 Å². The van der Waals surface area contributed by atoms with Crippen LogP contribution in [0.25, 0.3) is 0 Å². The van der Waals surface area contributed by atoms with Crippen molar-refractivity contribution in [2.75, 3.05) is 25.0 Å². The van der Waals surface area contributed by atoms with Crippen molar-refractivity contribution in [2.45, 2.75) is 51.7 Å².